The molecule has 0 aliphatic heterocycles. The van der Waals surface area contributed by atoms with Gasteiger partial charge >= 0.3 is 0 Å². The van der Waals surface area contributed by atoms with E-state index in [0.29, 0.717) is 11.8 Å². The van der Waals surface area contributed by atoms with Gasteiger partial charge in [0.25, 0.3) is 0 Å². The van der Waals surface area contributed by atoms with E-state index in [0.717, 1.165) is 52.7 Å². The minimum absolute atomic E-state index is 0.124. The molecule has 0 radical (unpaired) electrons. The summed E-state index contributed by atoms with van der Waals surface area (Å²) in [5.41, 5.74) is 12.5. The molecular formula is C68H58N4. The molecule has 3 unspecified atom stereocenters. The van der Waals surface area contributed by atoms with Crippen LogP contribution in [0.4, 0.5) is 39.8 Å². The zero-order valence-electron chi connectivity index (χ0n) is 40.9. The van der Waals surface area contributed by atoms with Crippen molar-refractivity contribution >= 4 is 61.4 Å². The van der Waals surface area contributed by atoms with Crippen LogP contribution in [0, 0.1) is 11.8 Å². The Morgan fingerprint density at radius 2 is 0.986 bits per heavy atom. The van der Waals surface area contributed by atoms with E-state index >= 15 is 0 Å². The highest BCUT2D eigenvalue weighted by Crippen LogP contribution is 2.44. The van der Waals surface area contributed by atoms with Crippen molar-refractivity contribution < 1.29 is 0 Å². The van der Waals surface area contributed by atoms with Crippen LogP contribution in [-0.4, -0.2) is 11.6 Å². The molecule has 4 aliphatic rings. The van der Waals surface area contributed by atoms with Crippen molar-refractivity contribution in [2.75, 3.05) is 19.6 Å². The monoisotopic (exact) mass is 930 g/mol. The molecule has 8 aromatic carbocycles. The van der Waals surface area contributed by atoms with Crippen molar-refractivity contribution in [3.63, 3.8) is 0 Å². The maximum Gasteiger partial charge on any atom is 0.0644 e. The number of anilines is 7. The van der Waals surface area contributed by atoms with Crippen LogP contribution in [0.5, 0.6) is 0 Å². The van der Waals surface area contributed by atoms with Gasteiger partial charge in [-0.1, -0.05) is 177 Å². The van der Waals surface area contributed by atoms with Gasteiger partial charge in [0.1, 0.15) is 0 Å². The SMILES string of the molecule is CC1C=C(N(c2ccccc2)C2C=CC(N(c3ccc(N(c4ccccc4)c4ccc5ccccc5c4)cc3)[C@]3(C)C=CC(N(c4ccccc4)c4ccc5ccccc5c4)=CC3)=CC2)C=C2C=CC=CC21. The summed E-state index contributed by atoms with van der Waals surface area (Å²) in [6.07, 6.45) is 30.0. The van der Waals surface area contributed by atoms with Crippen molar-refractivity contribution in [1.82, 2.24) is 0 Å². The molecule has 0 saturated heterocycles. The lowest BCUT2D eigenvalue weighted by Crippen LogP contribution is -2.46. The molecular weight excluding hydrogens is 873 g/mol. The smallest absolute Gasteiger partial charge is 0.0644 e. The highest BCUT2D eigenvalue weighted by Gasteiger charge is 2.36. The number of para-hydroxylation sites is 3. The molecule has 0 fully saturated rings. The summed E-state index contributed by atoms with van der Waals surface area (Å²) in [6.45, 7) is 4.74. The Bertz CT molecular complexity index is 3520. The number of hydrogen-bond donors (Lipinski definition) is 0. The van der Waals surface area contributed by atoms with Crippen LogP contribution in [0.25, 0.3) is 21.5 Å². The second-order valence-corrected chi connectivity index (χ2v) is 19.6. The normalized spacial score (nSPS) is 20.0. The van der Waals surface area contributed by atoms with Gasteiger partial charge in [0.15, 0.2) is 0 Å². The Labute approximate surface area is 424 Å². The van der Waals surface area contributed by atoms with Gasteiger partial charge in [-0.2, -0.15) is 0 Å². The van der Waals surface area contributed by atoms with Gasteiger partial charge in [-0.05, 0) is 156 Å². The van der Waals surface area contributed by atoms with Crippen molar-refractivity contribution in [1.29, 1.82) is 0 Å². The predicted octanol–water partition coefficient (Wildman–Crippen LogP) is 17.6. The quantitative estimate of drug-likeness (QED) is 0.121. The Balaban J connectivity index is 0.923. The van der Waals surface area contributed by atoms with Gasteiger partial charge in [0, 0.05) is 62.8 Å². The number of nitrogens with zero attached hydrogens (tertiary/aromatic N) is 4. The fraction of sp³-hybridized carbons (Fsp3) is 0.118. The maximum atomic E-state index is 2.57. The summed E-state index contributed by atoms with van der Waals surface area (Å²) < 4.78 is 0. The summed E-state index contributed by atoms with van der Waals surface area (Å²) in [5, 5.41) is 4.90. The fourth-order valence-corrected chi connectivity index (χ4v) is 11.2. The summed E-state index contributed by atoms with van der Waals surface area (Å²) in [6, 6.07) is 72.5. The number of hydrogen-bond acceptors (Lipinski definition) is 4. The molecule has 4 atom stereocenters. The number of rotatable bonds is 12. The lowest BCUT2D eigenvalue weighted by atomic mass is 9.79. The van der Waals surface area contributed by atoms with Crippen molar-refractivity contribution in [2.45, 2.75) is 38.3 Å². The average Bonchev–Trinajstić information content (AvgIpc) is 3.43. The molecule has 12 rings (SSSR count). The second kappa shape index (κ2) is 19.3. The average molecular weight is 931 g/mol. The van der Waals surface area contributed by atoms with E-state index in [2.05, 4.69) is 307 Å². The van der Waals surface area contributed by atoms with E-state index in [9.17, 15) is 0 Å². The van der Waals surface area contributed by atoms with E-state index in [-0.39, 0.29) is 6.04 Å². The van der Waals surface area contributed by atoms with Gasteiger partial charge < -0.3 is 19.6 Å². The third-order valence-corrected chi connectivity index (χ3v) is 14.9. The molecule has 0 N–H and O–H groups in total. The number of fused-ring (bicyclic) bond motifs is 3. The summed E-state index contributed by atoms with van der Waals surface area (Å²) in [7, 11) is 0. The largest absolute Gasteiger partial charge is 0.334 e. The number of allylic oxidation sites excluding steroid dienone is 9. The Hall–Kier alpha value is -8.60. The summed E-state index contributed by atoms with van der Waals surface area (Å²) in [4.78, 5) is 9.87. The van der Waals surface area contributed by atoms with Crippen molar-refractivity contribution in [3.8, 4) is 0 Å². The van der Waals surface area contributed by atoms with Gasteiger partial charge in [-0.3, -0.25) is 0 Å². The second-order valence-electron chi connectivity index (χ2n) is 19.6. The van der Waals surface area contributed by atoms with Crippen LogP contribution in [-0.2, 0) is 0 Å². The Morgan fingerprint density at radius 3 is 1.58 bits per heavy atom. The molecule has 350 valence electrons. The molecule has 72 heavy (non-hydrogen) atoms. The van der Waals surface area contributed by atoms with E-state index < -0.39 is 5.54 Å². The van der Waals surface area contributed by atoms with Crippen LogP contribution in [0.1, 0.15) is 26.7 Å². The molecule has 0 aromatic heterocycles. The predicted molar refractivity (Wildman–Crippen MR) is 306 cm³/mol. The minimum Gasteiger partial charge on any atom is -0.334 e. The van der Waals surface area contributed by atoms with Crippen LogP contribution >= 0.6 is 0 Å². The summed E-state index contributed by atoms with van der Waals surface area (Å²) in [5.74, 6) is 0.793. The van der Waals surface area contributed by atoms with E-state index in [1.54, 1.807) is 0 Å². The molecule has 0 spiro atoms. The topological polar surface area (TPSA) is 13.0 Å². The molecule has 8 aromatic rings. The first-order valence-electron chi connectivity index (χ1n) is 25.4. The number of benzene rings is 8. The first-order valence-corrected chi connectivity index (χ1v) is 25.4. The van der Waals surface area contributed by atoms with Crippen LogP contribution in [0.3, 0.4) is 0 Å². The molecule has 0 bridgehead atoms. The standard InChI is InChI=1S/C68H58N4/c1-50-46-66(49-55-22-16-17-29-67(50)55)71(58-27-10-5-11-28-58)60-36-40-63(41-37-60)72(62-38-34-59(35-39-62)69(56-23-6-3-7-24-56)64-32-30-51-18-12-14-20-53(51)47-64)68(2)44-42-61(43-45-68)70(57-25-8-4-9-26-57)65-33-31-52-19-13-15-21-54(52)48-65/h3-36,38-44,46-50,60,67H,37,45H2,1-2H3/t50?,60?,67?,68-/m1/s1. The molecule has 4 aliphatic carbocycles. The van der Waals surface area contributed by atoms with Gasteiger partial charge in [-0.15, -0.1) is 0 Å². The van der Waals surface area contributed by atoms with Gasteiger partial charge in [0.2, 0.25) is 0 Å². The first-order chi connectivity index (χ1) is 35.5. The van der Waals surface area contributed by atoms with Crippen LogP contribution in [0.2, 0.25) is 0 Å². The first kappa shape index (κ1) is 44.6. The molecule has 4 nitrogen and oxygen atoms in total. The molecule has 0 amide bonds. The van der Waals surface area contributed by atoms with Crippen LogP contribution in [0.15, 0.2) is 296 Å². The third kappa shape index (κ3) is 8.71. The lowest BCUT2D eigenvalue weighted by molar-refractivity contribution is 0.549. The Kier molecular flexibility index (Phi) is 12.0. The fourth-order valence-electron chi connectivity index (χ4n) is 11.2. The lowest BCUT2D eigenvalue weighted by Gasteiger charge is -2.45. The third-order valence-electron chi connectivity index (χ3n) is 14.9. The Morgan fingerprint density at radius 1 is 0.444 bits per heavy atom. The van der Waals surface area contributed by atoms with Crippen molar-refractivity contribution in [3.05, 3.63) is 296 Å². The van der Waals surface area contributed by atoms with Crippen molar-refractivity contribution in [2.24, 2.45) is 11.8 Å². The zero-order valence-corrected chi connectivity index (χ0v) is 40.9. The zero-order chi connectivity index (χ0) is 48.4. The summed E-state index contributed by atoms with van der Waals surface area (Å²) >= 11 is 0. The van der Waals surface area contributed by atoms with Gasteiger partial charge in [0.05, 0.1) is 11.6 Å². The van der Waals surface area contributed by atoms with E-state index in [4.69, 9.17) is 0 Å². The van der Waals surface area contributed by atoms with Gasteiger partial charge in [-0.25, -0.2) is 0 Å². The molecule has 0 saturated carbocycles. The highest BCUT2D eigenvalue weighted by molar-refractivity contribution is 5.90. The molecule has 0 heterocycles. The minimum atomic E-state index is -0.405. The maximum absolute atomic E-state index is 2.57. The highest BCUT2D eigenvalue weighted by atomic mass is 15.2. The molecule has 4 heteroatoms. The van der Waals surface area contributed by atoms with E-state index in [1.165, 1.54) is 44.2 Å². The van der Waals surface area contributed by atoms with Crippen LogP contribution < -0.4 is 19.6 Å². The van der Waals surface area contributed by atoms with E-state index in [1.807, 2.05) is 0 Å².